The quantitative estimate of drug-likeness (QED) is 0.533. The number of benzene rings is 2. The number of hydrogen-bond acceptors (Lipinski definition) is 6. The summed E-state index contributed by atoms with van der Waals surface area (Å²) < 4.78 is 1.23. The van der Waals surface area contributed by atoms with E-state index in [9.17, 15) is 0 Å². The van der Waals surface area contributed by atoms with E-state index < -0.39 is 0 Å². The molecule has 0 aliphatic carbocycles. The van der Waals surface area contributed by atoms with Crippen molar-refractivity contribution < 1.29 is 0 Å². The van der Waals surface area contributed by atoms with Crippen LogP contribution >= 0.6 is 23.1 Å². The number of para-hydroxylation sites is 1. The summed E-state index contributed by atoms with van der Waals surface area (Å²) in [7, 11) is 0. The van der Waals surface area contributed by atoms with E-state index >= 15 is 0 Å². The molecule has 2 aromatic carbocycles. The number of nitrogens with one attached hydrogen (secondary N) is 2. The van der Waals surface area contributed by atoms with Gasteiger partial charge in [-0.05, 0) is 48.6 Å². The summed E-state index contributed by atoms with van der Waals surface area (Å²) in [5.41, 5.74) is 3.49. The fourth-order valence-electron chi connectivity index (χ4n) is 3.22. The van der Waals surface area contributed by atoms with Gasteiger partial charge >= 0.3 is 0 Å². The molecule has 0 radical (unpaired) electrons. The van der Waals surface area contributed by atoms with Crippen molar-refractivity contribution in [1.82, 2.24) is 4.98 Å². The summed E-state index contributed by atoms with van der Waals surface area (Å²) in [5.74, 6) is 1.74. The molecule has 1 aliphatic rings. The number of hydrogen-bond donors (Lipinski definition) is 2. The van der Waals surface area contributed by atoms with Crippen LogP contribution in [0.15, 0.2) is 53.5 Å². The summed E-state index contributed by atoms with van der Waals surface area (Å²) in [4.78, 5) is 9.48. The molecule has 1 unspecified atom stereocenters. The third-order valence-corrected chi connectivity index (χ3v) is 6.81. The minimum Gasteiger partial charge on any atom is -0.361 e. The van der Waals surface area contributed by atoms with Crippen molar-refractivity contribution in [3.8, 4) is 0 Å². The van der Waals surface area contributed by atoms with Crippen molar-refractivity contribution in [3.05, 3.63) is 54.1 Å². The van der Waals surface area contributed by atoms with E-state index in [1.54, 1.807) is 11.3 Å². The average molecular weight is 411 g/mol. The first-order valence-corrected chi connectivity index (χ1v) is 11.6. The Morgan fingerprint density at radius 3 is 2.71 bits per heavy atom. The summed E-state index contributed by atoms with van der Waals surface area (Å²) in [6.45, 7) is 5.38. The first-order chi connectivity index (χ1) is 13.7. The topological polar surface area (TPSA) is 49.3 Å². The fraction of sp³-hybridized carbons (Fsp3) is 0.364. The van der Waals surface area contributed by atoms with Gasteiger partial charge in [-0.25, -0.2) is 4.98 Å². The number of nitrogens with zero attached hydrogens (tertiary/aromatic N) is 2. The van der Waals surface area contributed by atoms with E-state index in [1.165, 1.54) is 16.7 Å². The van der Waals surface area contributed by atoms with Crippen molar-refractivity contribution >= 4 is 49.3 Å². The molecule has 0 bridgehead atoms. The molecule has 0 fully saturated rings. The molecule has 146 valence electrons. The molecule has 2 heterocycles. The molecule has 0 amide bonds. The highest BCUT2D eigenvalue weighted by molar-refractivity contribution is 8.14. The normalized spacial score (nSPS) is 17.0. The number of thioether (sulfide) groups is 1. The zero-order valence-electron chi connectivity index (χ0n) is 16.3. The fourth-order valence-corrected chi connectivity index (χ4v) is 5.06. The maximum atomic E-state index is 4.85. The first-order valence-electron chi connectivity index (χ1n) is 9.83. The largest absolute Gasteiger partial charge is 0.361 e. The lowest BCUT2D eigenvalue weighted by molar-refractivity contribution is 0.485. The Kier molecular flexibility index (Phi) is 6.17. The molecule has 4 nitrogen and oxygen atoms in total. The van der Waals surface area contributed by atoms with Crippen molar-refractivity contribution in [1.29, 1.82) is 0 Å². The number of thiazole rings is 1. The van der Waals surface area contributed by atoms with Gasteiger partial charge in [0.25, 0.3) is 0 Å². The van der Waals surface area contributed by atoms with E-state index in [0.717, 1.165) is 40.2 Å². The number of aliphatic imine (C=N–C) groups is 1. The molecule has 28 heavy (non-hydrogen) atoms. The Hall–Kier alpha value is -2.05. The SMILES string of the molecule is CC(C)C1CCSC(Nc2ccc(CCNc3nc4ccccc4s3)cc2)=N1. The van der Waals surface area contributed by atoms with E-state index in [1.807, 2.05) is 17.8 Å². The molecule has 6 heteroatoms. The lowest BCUT2D eigenvalue weighted by Crippen LogP contribution is -2.23. The molecule has 4 rings (SSSR count). The van der Waals surface area contributed by atoms with Crippen LogP contribution in [-0.4, -0.2) is 28.5 Å². The molecule has 1 aromatic heterocycles. The Morgan fingerprint density at radius 1 is 1.11 bits per heavy atom. The van der Waals surface area contributed by atoms with Crippen LogP contribution in [-0.2, 0) is 6.42 Å². The van der Waals surface area contributed by atoms with Crippen LogP contribution in [0, 0.1) is 5.92 Å². The summed E-state index contributed by atoms with van der Waals surface area (Å²) in [5, 5.41) is 8.97. The van der Waals surface area contributed by atoms with Gasteiger partial charge in [-0.1, -0.05) is 61.2 Å². The van der Waals surface area contributed by atoms with Gasteiger partial charge in [0.1, 0.15) is 0 Å². The molecule has 0 saturated heterocycles. The molecule has 0 saturated carbocycles. The monoisotopic (exact) mass is 410 g/mol. The maximum absolute atomic E-state index is 4.85. The van der Waals surface area contributed by atoms with Gasteiger partial charge in [0, 0.05) is 18.0 Å². The Morgan fingerprint density at radius 2 is 1.93 bits per heavy atom. The predicted molar refractivity (Wildman–Crippen MR) is 125 cm³/mol. The van der Waals surface area contributed by atoms with E-state index in [2.05, 4.69) is 71.9 Å². The van der Waals surface area contributed by atoms with Gasteiger partial charge in [-0.2, -0.15) is 0 Å². The summed E-state index contributed by atoms with van der Waals surface area (Å²) in [6.07, 6.45) is 2.15. The van der Waals surface area contributed by atoms with Gasteiger partial charge in [0.2, 0.25) is 0 Å². The second kappa shape index (κ2) is 8.97. The van der Waals surface area contributed by atoms with E-state index in [0.29, 0.717) is 12.0 Å². The van der Waals surface area contributed by atoms with Crippen molar-refractivity contribution in [3.63, 3.8) is 0 Å². The number of amidine groups is 1. The molecule has 1 atom stereocenters. The van der Waals surface area contributed by atoms with E-state index in [-0.39, 0.29) is 0 Å². The number of aromatic nitrogens is 1. The second-order valence-electron chi connectivity index (χ2n) is 7.37. The van der Waals surface area contributed by atoms with Crippen molar-refractivity contribution in [2.45, 2.75) is 32.7 Å². The van der Waals surface area contributed by atoms with E-state index in [4.69, 9.17) is 4.99 Å². The van der Waals surface area contributed by atoms with Crippen LogP contribution in [0.2, 0.25) is 0 Å². The van der Waals surface area contributed by atoms with Gasteiger partial charge in [0.15, 0.2) is 10.3 Å². The zero-order chi connectivity index (χ0) is 19.3. The van der Waals surface area contributed by atoms with Crippen LogP contribution in [0.5, 0.6) is 0 Å². The highest BCUT2D eigenvalue weighted by Gasteiger charge is 2.18. The number of rotatable bonds is 6. The van der Waals surface area contributed by atoms with Crippen LogP contribution in [0.25, 0.3) is 10.2 Å². The van der Waals surface area contributed by atoms with Gasteiger partial charge in [0.05, 0.1) is 16.3 Å². The smallest absolute Gasteiger partial charge is 0.183 e. The van der Waals surface area contributed by atoms with Crippen molar-refractivity contribution in [2.24, 2.45) is 10.9 Å². The first kappa shape index (κ1) is 19.3. The summed E-state index contributed by atoms with van der Waals surface area (Å²) in [6, 6.07) is 17.4. The third-order valence-electron chi connectivity index (χ3n) is 4.89. The lowest BCUT2D eigenvalue weighted by atomic mass is 10.0. The third kappa shape index (κ3) is 4.86. The van der Waals surface area contributed by atoms with Crippen LogP contribution < -0.4 is 10.6 Å². The standard InChI is InChI=1S/C22H26N4S2/c1-15(2)18-12-14-27-22(25-18)24-17-9-7-16(8-10-17)11-13-23-21-26-19-5-3-4-6-20(19)28-21/h3-10,15,18H,11-14H2,1-2H3,(H,23,26)(H,24,25). The second-order valence-corrected chi connectivity index (χ2v) is 9.48. The lowest BCUT2D eigenvalue weighted by Gasteiger charge is -2.23. The minimum absolute atomic E-state index is 0.441. The molecule has 0 spiro atoms. The Bertz CT molecular complexity index is 914. The molecule has 3 aromatic rings. The van der Waals surface area contributed by atoms with Gasteiger partial charge in [-0.15, -0.1) is 0 Å². The molecular formula is C22H26N4S2. The van der Waals surface area contributed by atoms with Crippen LogP contribution in [0.4, 0.5) is 10.8 Å². The van der Waals surface area contributed by atoms with Crippen LogP contribution in [0.3, 0.4) is 0 Å². The highest BCUT2D eigenvalue weighted by atomic mass is 32.2. The molecule has 2 N–H and O–H groups in total. The molecular weight excluding hydrogens is 384 g/mol. The van der Waals surface area contributed by atoms with Crippen molar-refractivity contribution in [2.75, 3.05) is 22.9 Å². The Balaban J connectivity index is 1.29. The maximum Gasteiger partial charge on any atom is 0.183 e. The molecule has 1 aliphatic heterocycles. The average Bonchev–Trinajstić information content (AvgIpc) is 3.12. The van der Waals surface area contributed by atoms with Crippen LogP contribution in [0.1, 0.15) is 25.8 Å². The number of anilines is 2. The highest BCUT2D eigenvalue weighted by Crippen LogP contribution is 2.26. The predicted octanol–water partition coefficient (Wildman–Crippen LogP) is 5.88. The minimum atomic E-state index is 0.441. The number of fused-ring (bicyclic) bond motifs is 1. The zero-order valence-corrected chi connectivity index (χ0v) is 17.9. The van der Waals surface area contributed by atoms with Gasteiger partial charge in [-0.3, -0.25) is 4.99 Å². The summed E-state index contributed by atoms with van der Waals surface area (Å²) >= 11 is 3.53. The van der Waals surface area contributed by atoms with Gasteiger partial charge < -0.3 is 10.6 Å². The Labute approximate surface area is 174 Å².